The molecular weight excluding hydrogens is 219 g/mol. The van der Waals surface area contributed by atoms with E-state index in [0.29, 0.717) is 13.2 Å². The maximum atomic E-state index is 12.5. The summed E-state index contributed by atoms with van der Waals surface area (Å²) in [5.41, 5.74) is 0. The van der Waals surface area contributed by atoms with Crippen LogP contribution < -0.4 is 0 Å². The summed E-state index contributed by atoms with van der Waals surface area (Å²) in [5, 5.41) is 0. The molecule has 0 radical (unpaired) electrons. The summed E-state index contributed by atoms with van der Waals surface area (Å²) in [7, 11) is 0. The van der Waals surface area contributed by atoms with E-state index in [0.717, 1.165) is 16.4 Å². The fourth-order valence-corrected chi connectivity index (χ4v) is 1.81. The Morgan fingerprint density at radius 1 is 1.21 bits per heavy atom. The summed E-state index contributed by atoms with van der Waals surface area (Å²) in [6, 6.07) is 6.49. The van der Waals surface area contributed by atoms with Crippen molar-refractivity contribution in [3.05, 3.63) is 30.1 Å². The molecule has 0 atom stereocenters. The predicted octanol–water partition coefficient (Wildman–Crippen LogP) is 2.86. The largest absolute Gasteiger partial charge is 0.380 e. The van der Waals surface area contributed by atoms with Gasteiger partial charge in [-0.15, -0.1) is 11.8 Å². The van der Waals surface area contributed by atoms with Crippen LogP contribution in [0.25, 0.3) is 0 Å². The van der Waals surface area contributed by atoms with Crippen LogP contribution in [0.15, 0.2) is 29.2 Å². The third-order valence-corrected chi connectivity index (χ3v) is 2.70. The third-order valence-electron chi connectivity index (χ3n) is 1.55. The molecule has 0 unspecified atom stereocenters. The van der Waals surface area contributed by atoms with Crippen molar-refractivity contribution in [1.29, 1.82) is 0 Å². The molecule has 0 aliphatic heterocycles. The van der Waals surface area contributed by atoms with Gasteiger partial charge >= 0.3 is 0 Å². The normalized spacial score (nSPS) is 10.4. The summed E-state index contributed by atoms with van der Waals surface area (Å²) in [6.45, 7) is 1.40. The number of hydrogen-bond donors (Lipinski definition) is 1. The SMILES string of the molecule is Fc1ccc(SCCOCCS)cc1. The van der Waals surface area contributed by atoms with E-state index in [1.54, 1.807) is 23.9 Å². The third kappa shape index (κ3) is 4.88. The average molecular weight is 232 g/mol. The molecule has 0 saturated heterocycles. The fraction of sp³-hybridized carbons (Fsp3) is 0.400. The lowest BCUT2D eigenvalue weighted by molar-refractivity contribution is 0.167. The number of thioether (sulfide) groups is 1. The van der Waals surface area contributed by atoms with Crippen molar-refractivity contribution in [2.75, 3.05) is 24.7 Å². The van der Waals surface area contributed by atoms with Crippen LogP contribution in [0.3, 0.4) is 0 Å². The van der Waals surface area contributed by atoms with Gasteiger partial charge in [-0.3, -0.25) is 0 Å². The molecule has 0 bridgehead atoms. The summed E-state index contributed by atoms with van der Waals surface area (Å²) in [4.78, 5) is 1.07. The highest BCUT2D eigenvalue weighted by molar-refractivity contribution is 7.99. The van der Waals surface area contributed by atoms with E-state index in [9.17, 15) is 4.39 Å². The van der Waals surface area contributed by atoms with Crippen LogP contribution in [0, 0.1) is 5.82 Å². The van der Waals surface area contributed by atoms with Gasteiger partial charge in [0, 0.05) is 16.4 Å². The van der Waals surface area contributed by atoms with E-state index in [2.05, 4.69) is 12.6 Å². The molecule has 0 spiro atoms. The molecule has 0 heterocycles. The van der Waals surface area contributed by atoms with Gasteiger partial charge in [0.25, 0.3) is 0 Å². The lowest BCUT2D eigenvalue weighted by Gasteiger charge is -2.02. The Morgan fingerprint density at radius 3 is 2.57 bits per heavy atom. The molecule has 0 N–H and O–H groups in total. The molecule has 0 aliphatic rings. The van der Waals surface area contributed by atoms with Crippen molar-refractivity contribution in [3.8, 4) is 0 Å². The number of ether oxygens (including phenoxy) is 1. The first kappa shape index (κ1) is 11.9. The second-order valence-corrected chi connectivity index (χ2v) is 4.25. The summed E-state index contributed by atoms with van der Waals surface area (Å²) in [6.07, 6.45) is 0. The lowest BCUT2D eigenvalue weighted by Crippen LogP contribution is -1.99. The van der Waals surface area contributed by atoms with Crippen molar-refractivity contribution in [2.24, 2.45) is 0 Å². The minimum atomic E-state index is -0.194. The molecule has 4 heteroatoms. The molecule has 78 valence electrons. The Balaban J connectivity index is 2.15. The maximum absolute atomic E-state index is 12.5. The first-order valence-corrected chi connectivity index (χ1v) is 6.01. The quantitative estimate of drug-likeness (QED) is 0.459. The number of benzene rings is 1. The van der Waals surface area contributed by atoms with E-state index in [1.165, 1.54) is 12.1 Å². The summed E-state index contributed by atoms with van der Waals surface area (Å²) < 4.78 is 17.8. The molecule has 0 saturated carbocycles. The minimum Gasteiger partial charge on any atom is -0.380 e. The van der Waals surface area contributed by atoms with Crippen molar-refractivity contribution in [1.82, 2.24) is 0 Å². The fourth-order valence-electron chi connectivity index (χ4n) is 0.916. The van der Waals surface area contributed by atoms with E-state index < -0.39 is 0 Å². The molecule has 14 heavy (non-hydrogen) atoms. The van der Waals surface area contributed by atoms with E-state index in [4.69, 9.17) is 4.74 Å². The van der Waals surface area contributed by atoms with Gasteiger partial charge in [0.05, 0.1) is 13.2 Å². The van der Waals surface area contributed by atoms with Crippen LogP contribution >= 0.6 is 24.4 Å². The topological polar surface area (TPSA) is 9.23 Å². The van der Waals surface area contributed by atoms with Crippen molar-refractivity contribution < 1.29 is 9.13 Å². The molecule has 1 rings (SSSR count). The molecule has 1 aromatic rings. The zero-order valence-electron chi connectivity index (χ0n) is 7.78. The first-order valence-electron chi connectivity index (χ1n) is 4.40. The molecule has 1 aromatic carbocycles. The zero-order chi connectivity index (χ0) is 10.2. The number of rotatable bonds is 6. The standard InChI is InChI=1S/C10H13FOS2/c11-9-1-3-10(4-2-9)14-8-6-12-5-7-13/h1-4,13H,5-8H2. The van der Waals surface area contributed by atoms with Crippen LogP contribution in [-0.2, 0) is 4.74 Å². The molecule has 0 aromatic heterocycles. The number of hydrogen-bond acceptors (Lipinski definition) is 3. The Bertz CT molecular complexity index is 251. The van der Waals surface area contributed by atoms with Crippen LogP contribution in [-0.4, -0.2) is 24.7 Å². The number of halogens is 1. The molecular formula is C10H13FOS2. The van der Waals surface area contributed by atoms with Gasteiger partial charge in [0.15, 0.2) is 0 Å². The van der Waals surface area contributed by atoms with Gasteiger partial charge < -0.3 is 4.74 Å². The van der Waals surface area contributed by atoms with E-state index in [1.807, 2.05) is 0 Å². The first-order chi connectivity index (χ1) is 6.83. The van der Waals surface area contributed by atoms with E-state index in [-0.39, 0.29) is 5.82 Å². The smallest absolute Gasteiger partial charge is 0.123 e. The Morgan fingerprint density at radius 2 is 1.93 bits per heavy atom. The Labute approximate surface area is 93.4 Å². The highest BCUT2D eigenvalue weighted by atomic mass is 32.2. The molecule has 0 aliphatic carbocycles. The van der Waals surface area contributed by atoms with E-state index >= 15 is 0 Å². The lowest BCUT2D eigenvalue weighted by atomic mass is 10.4. The second-order valence-electron chi connectivity index (χ2n) is 2.64. The van der Waals surface area contributed by atoms with Crippen molar-refractivity contribution in [2.45, 2.75) is 4.90 Å². The summed E-state index contributed by atoms with van der Waals surface area (Å²) in [5.74, 6) is 1.45. The number of thiol groups is 1. The average Bonchev–Trinajstić information content (AvgIpc) is 2.21. The summed E-state index contributed by atoms with van der Waals surface area (Å²) >= 11 is 5.69. The van der Waals surface area contributed by atoms with Crippen LogP contribution in [0.4, 0.5) is 4.39 Å². The Hall–Kier alpha value is -0.190. The maximum Gasteiger partial charge on any atom is 0.123 e. The van der Waals surface area contributed by atoms with Gasteiger partial charge in [-0.2, -0.15) is 12.6 Å². The minimum absolute atomic E-state index is 0.194. The Kier molecular flexibility index (Phi) is 6.07. The van der Waals surface area contributed by atoms with Gasteiger partial charge in [0.1, 0.15) is 5.82 Å². The van der Waals surface area contributed by atoms with Gasteiger partial charge in [0.2, 0.25) is 0 Å². The van der Waals surface area contributed by atoms with Gasteiger partial charge in [-0.05, 0) is 24.3 Å². The van der Waals surface area contributed by atoms with Crippen LogP contribution in [0.2, 0.25) is 0 Å². The molecule has 0 amide bonds. The van der Waals surface area contributed by atoms with Crippen LogP contribution in [0.1, 0.15) is 0 Å². The van der Waals surface area contributed by atoms with Gasteiger partial charge in [-0.1, -0.05) is 0 Å². The van der Waals surface area contributed by atoms with Crippen LogP contribution in [0.5, 0.6) is 0 Å². The molecule has 0 fully saturated rings. The van der Waals surface area contributed by atoms with Crippen molar-refractivity contribution >= 4 is 24.4 Å². The highest BCUT2D eigenvalue weighted by Crippen LogP contribution is 2.17. The highest BCUT2D eigenvalue weighted by Gasteiger charge is 1.94. The predicted molar refractivity (Wildman–Crippen MR) is 61.8 cm³/mol. The van der Waals surface area contributed by atoms with Crippen molar-refractivity contribution in [3.63, 3.8) is 0 Å². The molecule has 1 nitrogen and oxygen atoms in total. The second kappa shape index (κ2) is 7.15. The monoisotopic (exact) mass is 232 g/mol. The zero-order valence-corrected chi connectivity index (χ0v) is 9.49. The van der Waals surface area contributed by atoms with Gasteiger partial charge in [-0.25, -0.2) is 4.39 Å².